The molecule has 16 nitrogen and oxygen atoms in total. The van der Waals surface area contributed by atoms with Crippen LogP contribution >= 0.6 is 0 Å². The van der Waals surface area contributed by atoms with E-state index in [2.05, 4.69) is 20.2 Å². The number of anilines is 2. The Labute approximate surface area is 349 Å². The van der Waals surface area contributed by atoms with Gasteiger partial charge in [-0.05, 0) is 82.4 Å². The molecule has 0 amide bonds. The minimum atomic E-state index is -0.484. The first-order valence-corrected chi connectivity index (χ1v) is 20.3. The van der Waals surface area contributed by atoms with Gasteiger partial charge >= 0.3 is 0 Å². The third-order valence-corrected chi connectivity index (χ3v) is 11.0. The summed E-state index contributed by atoms with van der Waals surface area (Å²) >= 11 is 0. The van der Waals surface area contributed by atoms with E-state index >= 15 is 4.39 Å². The summed E-state index contributed by atoms with van der Waals surface area (Å²) < 4.78 is 61.1. The number of ether oxygens (including phenoxy) is 8. The van der Waals surface area contributed by atoms with Gasteiger partial charge in [0.2, 0.25) is 29.5 Å². The van der Waals surface area contributed by atoms with E-state index in [1.807, 2.05) is 38.1 Å². The topological polar surface area (TPSA) is 147 Å². The normalized spacial score (nSPS) is 15.2. The van der Waals surface area contributed by atoms with Crippen molar-refractivity contribution in [1.29, 1.82) is 0 Å². The van der Waals surface area contributed by atoms with Crippen LogP contribution in [-0.4, -0.2) is 119 Å². The third kappa shape index (κ3) is 8.59. The molecule has 0 saturated carbocycles. The number of likely N-dealkylation sites (tertiary alicyclic amines) is 1. The number of aromatic nitrogens is 4. The van der Waals surface area contributed by atoms with Gasteiger partial charge in [-0.1, -0.05) is 0 Å². The molecular weight excluding hydrogens is 776 g/mol. The largest absolute Gasteiger partial charge is 0.493 e. The molecule has 0 unspecified atom stereocenters. The smallest absolute Gasteiger partial charge is 0.248 e. The van der Waals surface area contributed by atoms with Gasteiger partial charge in [-0.25, -0.2) is 20.0 Å². The van der Waals surface area contributed by atoms with Crippen LogP contribution in [0, 0.1) is 5.82 Å². The monoisotopic (exact) mass is 830 g/mol. The summed E-state index contributed by atoms with van der Waals surface area (Å²) in [4.78, 5) is 23.0. The average Bonchev–Trinajstić information content (AvgIpc) is 3.28. The fourth-order valence-corrected chi connectivity index (χ4v) is 8.09. The molecule has 2 fully saturated rings. The van der Waals surface area contributed by atoms with Crippen molar-refractivity contribution in [2.24, 2.45) is 0 Å². The number of fused-ring (bicyclic) bond motifs is 2. The van der Waals surface area contributed by atoms with Crippen LogP contribution in [-0.2, 0) is 6.54 Å². The van der Waals surface area contributed by atoms with Crippen LogP contribution in [0.15, 0.2) is 36.4 Å². The minimum absolute atomic E-state index is 0.0459. The van der Waals surface area contributed by atoms with Gasteiger partial charge in [-0.2, -0.15) is 14.4 Å². The third-order valence-electron chi connectivity index (χ3n) is 11.0. The highest BCUT2D eigenvalue weighted by Gasteiger charge is 2.38. The number of hydrogen-bond acceptors (Lipinski definition) is 16. The molecule has 322 valence electrons. The van der Waals surface area contributed by atoms with E-state index in [0.717, 1.165) is 57.4 Å². The fourth-order valence-electron chi connectivity index (χ4n) is 8.09. The Bertz CT molecular complexity index is 2240. The minimum Gasteiger partial charge on any atom is -0.493 e. The number of nitrogens with one attached hydrogen (secondary N) is 1. The van der Waals surface area contributed by atoms with E-state index in [4.69, 9.17) is 57.8 Å². The zero-order valence-corrected chi connectivity index (χ0v) is 35.7. The van der Waals surface area contributed by atoms with Crippen molar-refractivity contribution in [2.75, 3.05) is 92.1 Å². The molecule has 5 aromatic rings. The molecule has 0 spiro atoms. The molecule has 4 heterocycles. The molecule has 0 atom stereocenters. The van der Waals surface area contributed by atoms with Crippen LogP contribution in [0.5, 0.6) is 46.3 Å². The van der Waals surface area contributed by atoms with Crippen LogP contribution < -0.4 is 53.2 Å². The Morgan fingerprint density at radius 3 is 1.43 bits per heavy atom. The van der Waals surface area contributed by atoms with Crippen molar-refractivity contribution in [3.05, 3.63) is 47.8 Å². The lowest BCUT2D eigenvalue weighted by Crippen LogP contribution is -2.59. The molecule has 60 heavy (non-hydrogen) atoms. The van der Waals surface area contributed by atoms with Crippen LogP contribution in [0.2, 0.25) is 0 Å². The second-order valence-electron chi connectivity index (χ2n) is 14.5. The highest BCUT2D eigenvalue weighted by molar-refractivity contribution is 5.89. The summed E-state index contributed by atoms with van der Waals surface area (Å²) in [6.07, 6.45) is 3.06. The Kier molecular flexibility index (Phi) is 13.4. The summed E-state index contributed by atoms with van der Waals surface area (Å²) in [5, 5.41) is 9.18. The number of methoxy groups -OCH3 is 6. The number of hydrogen-bond donors (Lipinski definition) is 1. The quantitative estimate of drug-likeness (QED) is 0.106. The zero-order chi connectivity index (χ0) is 42.3. The number of benzene rings is 3. The number of piperidine rings is 2. The number of nitrogens with zero attached hydrogens (tertiary/aromatic N) is 7. The highest BCUT2D eigenvalue weighted by Crippen LogP contribution is 2.40. The van der Waals surface area contributed by atoms with Crippen LogP contribution in [0.1, 0.15) is 45.1 Å². The van der Waals surface area contributed by atoms with E-state index < -0.39 is 5.82 Å². The van der Waals surface area contributed by atoms with Crippen LogP contribution in [0.4, 0.5) is 16.3 Å². The maximum atomic E-state index is 15.2. The standard InChI is InChI=1S/C43H55FN8O8/c1-9-59-37-19-26(20-38(39(37)44)60-10-2)25-50-17-13-28(14-18-50)52(43-47-32-24-36(56-6)34(54-4)22-30(32)41(49-43)58-8)51(27-11-15-45-16-12-27)42-46-31-23-35(55-5)33(53-3)21-29(31)40(48-42)57-7/h19-24,27-28,45H,9-18,25H2,1-8H3. The molecule has 3 aromatic carbocycles. The van der Waals surface area contributed by atoms with Crippen molar-refractivity contribution in [3.8, 4) is 46.3 Å². The molecule has 0 aliphatic carbocycles. The van der Waals surface area contributed by atoms with Crippen molar-refractivity contribution in [2.45, 2.75) is 58.2 Å². The van der Waals surface area contributed by atoms with Gasteiger partial charge in [0.15, 0.2) is 34.5 Å². The number of halogens is 1. The average molecular weight is 831 g/mol. The summed E-state index contributed by atoms with van der Waals surface area (Å²) in [5.41, 5.74) is 2.14. The lowest BCUT2D eigenvalue weighted by atomic mass is 10.0. The fraction of sp³-hybridized carbons (Fsp3) is 0.488. The highest BCUT2D eigenvalue weighted by atomic mass is 19.1. The van der Waals surface area contributed by atoms with E-state index in [-0.39, 0.29) is 23.6 Å². The molecular formula is C43H55FN8O8. The lowest BCUT2D eigenvalue weighted by Gasteiger charge is -2.47. The van der Waals surface area contributed by atoms with Gasteiger partial charge in [-0.3, -0.25) is 4.90 Å². The SMILES string of the molecule is CCOc1cc(CN2CCC(N(c3nc(OC)c4cc(OC)c(OC)cc4n3)N(c3nc(OC)c4cc(OC)c(OC)cc4n3)C3CCNCC3)CC2)cc(OCC)c1F. The van der Waals surface area contributed by atoms with E-state index in [1.54, 1.807) is 54.8 Å². The maximum Gasteiger partial charge on any atom is 0.248 e. The van der Waals surface area contributed by atoms with E-state index in [0.29, 0.717) is 88.2 Å². The second-order valence-corrected chi connectivity index (χ2v) is 14.5. The Morgan fingerprint density at radius 1 is 0.583 bits per heavy atom. The predicted molar refractivity (Wildman–Crippen MR) is 226 cm³/mol. The van der Waals surface area contributed by atoms with Gasteiger partial charge in [0.05, 0.1) is 89.8 Å². The lowest BCUT2D eigenvalue weighted by molar-refractivity contribution is 0.196. The molecule has 2 saturated heterocycles. The summed E-state index contributed by atoms with van der Waals surface area (Å²) in [6.45, 7) is 8.00. The summed E-state index contributed by atoms with van der Waals surface area (Å²) in [5.74, 6) is 3.63. The first-order chi connectivity index (χ1) is 29.3. The Morgan fingerprint density at radius 2 is 1.02 bits per heavy atom. The molecule has 7 rings (SSSR count). The maximum absolute atomic E-state index is 15.2. The first kappa shape index (κ1) is 42.3. The Balaban J connectivity index is 1.35. The molecule has 2 aromatic heterocycles. The van der Waals surface area contributed by atoms with Gasteiger partial charge in [0, 0.05) is 31.8 Å². The van der Waals surface area contributed by atoms with E-state index in [9.17, 15) is 0 Å². The van der Waals surface area contributed by atoms with Crippen LogP contribution in [0.25, 0.3) is 21.8 Å². The summed E-state index contributed by atoms with van der Waals surface area (Å²) in [7, 11) is 9.56. The van der Waals surface area contributed by atoms with Crippen molar-refractivity contribution >= 4 is 33.7 Å². The predicted octanol–water partition coefficient (Wildman–Crippen LogP) is 6.21. The number of rotatable bonds is 17. The van der Waals surface area contributed by atoms with Gasteiger partial charge in [-0.15, -0.1) is 0 Å². The molecule has 0 radical (unpaired) electrons. The molecule has 0 bridgehead atoms. The Hall–Kier alpha value is -5.81. The van der Waals surface area contributed by atoms with E-state index in [1.165, 1.54) is 0 Å². The molecule has 2 aliphatic heterocycles. The molecule has 1 N–H and O–H groups in total. The van der Waals surface area contributed by atoms with Crippen molar-refractivity contribution in [3.63, 3.8) is 0 Å². The van der Waals surface area contributed by atoms with Gasteiger partial charge < -0.3 is 43.2 Å². The van der Waals surface area contributed by atoms with Gasteiger partial charge in [0.25, 0.3) is 0 Å². The molecule has 2 aliphatic rings. The first-order valence-electron chi connectivity index (χ1n) is 20.3. The molecule has 17 heteroatoms. The second kappa shape index (κ2) is 19.1. The van der Waals surface area contributed by atoms with Crippen LogP contribution in [0.3, 0.4) is 0 Å². The van der Waals surface area contributed by atoms with Crippen molar-refractivity contribution < 1.29 is 42.3 Å². The summed E-state index contributed by atoms with van der Waals surface area (Å²) in [6, 6.07) is 10.7. The zero-order valence-electron chi connectivity index (χ0n) is 35.7. The number of hydrazine groups is 1. The van der Waals surface area contributed by atoms with Crippen molar-refractivity contribution in [1.82, 2.24) is 30.2 Å². The van der Waals surface area contributed by atoms with Gasteiger partial charge in [0.1, 0.15) is 0 Å².